The van der Waals surface area contributed by atoms with E-state index in [9.17, 15) is 18.0 Å². The minimum atomic E-state index is -3.70. The van der Waals surface area contributed by atoms with Gasteiger partial charge in [0.2, 0.25) is 15.9 Å². The second kappa shape index (κ2) is 6.67. The molecule has 2 N–H and O–H groups in total. The molecule has 23 heavy (non-hydrogen) atoms. The number of hydrogen-bond donors (Lipinski definition) is 2. The van der Waals surface area contributed by atoms with E-state index in [-0.39, 0.29) is 29.8 Å². The van der Waals surface area contributed by atoms with Gasteiger partial charge in [0.05, 0.1) is 10.8 Å². The van der Waals surface area contributed by atoms with Gasteiger partial charge in [-0.1, -0.05) is 19.1 Å². The topological polar surface area (TPSA) is 104 Å². The van der Waals surface area contributed by atoms with Crippen molar-refractivity contribution in [1.29, 1.82) is 0 Å². The largest absolute Gasteiger partial charge is 0.481 e. The molecular formula is C15H20N2O5S. The first-order valence-corrected chi connectivity index (χ1v) is 8.72. The summed E-state index contributed by atoms with van der Waals surface area (Å²) in [7, 11) is -3.70. The molecule has 2 atom stereocenters. The fraction of sp³-hybridized carbons (Fsp3) is 0.467. The van der Waals surface area contributed by atoms with E-state index in [0.717, 1.165) is 5.56 Å². The van der Waals surface area contributed by atoms with Gasteiger partial charge >= 0.3 is 5.97 Å². The molecule has 0 aromatic heterocycles. The van der Waals surface area contributed by atoms with E-state index in [0.29, 0.717) is 6.54 Å². The number of sulfonamides is 1. The monoisotopic (exact) mass is 340 g/mol. The van der Waals surface area contributed by atoms with Gasteiger partial charge in [-0.25, -0.2) is 8.42 Å². The summed E-state index contributed by atoms with van der Waals surface area (Å²) in [5, 5.41) is 11.8. The first-order chi connectivity index (χ1) is 10.7. The van der Waals surface area contributed by atoms with Crippen LogP contribution >= 0.6 is 0 Å². The zero-order chi connectivity index (χ0) is 17.2. The Morgan fingerprint density at radius 2 is 1.87 bits per heavy atom. The van der Waals surface area contributed by atoms with Crippen molar-refractivity contribution in [2.24, 2.45) is 11.8 Å². The highest BCUT2D eigenvalue weighted by molar-refractivity contribution is 7.89. The van der Waals surface area contributed by atoms with Gasteiger partial charge < -0.3 is 10.4 Å². The van der Waals surface area contributed by atoms with Gasteiger partial charge in [0, 0.05) is 26.6 Å². The van der Waals surface area contributed by atoms with E-state index in [4.69, 9.17) is 5.11 Å². The predicted molar refractivity (Wildman–Crippen MR) is 83.0 cm³/mol. The highest BCUT2D eigenvalue weighted by atomic mass is 32.2. The van der Waals surface area contributed by atoms with Crippen LogP contribution in [0.1, 0.15) is 19.4 Å². The lowest BCUT2D eigenvalue weighted by molar-refractivity contribution is -0.142. The molecule has 0 unspecified atom stereocenters. The van der Waals surface area contributed by atoms with Crippen LogP contribution in [0.25, 0.3) is 0 Å². The quantitative estimate of drug-likeness (QED) is 0.820. The maximum absolute atomic E-state index is 12.6. The van der Waals surface area contributed by atoms with Crippen LogP contribution in [0.3, 0.4) is 0 Å². The minimum absolute atomic E-state index is 0.00746. The molecule has 7 nitrogen and oxygen atoms in total. The lowest BCUT2D eigenvalue weighted by Gasteiger charge is -2.16. The summed E-state index contributed by atoms with van der Waals surface area (Å²) in [6, 6.07) is 6.23. The molecule has 0 bridgehead atoms. The van der Waals surface area contributed by atoms with Gasteiger partial charge in [-0.3, -0.25) is 9.59 Å². The molecule has 0 spiro atoms. The van der Waals surface area contributed by atoms with Crippen molar-refractivity contribution in [2.75, 3.05) is 13.1 Å². The van der Waals surface area contributed by atoms with Crippen molar-refractivity contribution in [3.63, 3.8) is 0 Å². The molecule has 0 aliphatic carbocycles. The molecule has 1 aliphatic heterocycles. The number of carboxylic acid groups (broad SMARTS) is 1. The molecule has 1 saturated heterocycles. The molecule has 1 aromatic carbocycles. The molecule has 1 fully saturated rings. The Labute approximate surface area is 135 Å². The molecule has 0 radical (unpaired) electrons. The van der Waals surface area contributed by atoms with Crippen molar-refractivity contribution in [3.8, 4) is 0 Å². The van der Waals surface area contributed by atoms with Crippen LogP contribution < -0.4 is 5.32 Å². The first-order valence-electron chi connectivity index (χ1n) is 7.28. The summed E-state index contributed by atoms with van der Waals surface area (Å²) in [6.07, 6.45) is 0. The Balaban J connectivity index is 2.14. The molecule has 1 amide bonds. The second-order valence-corrected chi connectivity index (χ2v) is 7.74. The Bertz CT molecular complexity index is 699. The number of hydrogen-bond acceptors (Lipinski definition) is 4. The van der Waals surface area contributed by atoms with E-state index in [1.165, 1.54) is 23.4 Å². The number of nitrogens with zero attached hydrogens (tertiary/aromatic N) is 1. The SMILES string of the molecule is CC(=O)NCc1ccc(S(=O)(=O)N2C[C@@H](C)[C@H](C(=O)O)C2)cc1. The normalized spacial score (nSPS) is 22.0. The number of amides is 1. The van der Waals surface area contributed by atoms with Crippen molar-refractivity contribution in [3.05, 3.63) is 29.8 Å². The van der Waals surface area contributed by atoms with E-state index >= 15 is 0 Å². The number of rotatable bonds is 5. The Kier molecular flexibility index (Phi) is 5.06. The fourth-order valence-corrected chi connectivity index (χ4v) is 4.16. The zero-order valence-electron chi connectivity index (χ0n) is 13.0. The third kappa shape index (κ3) is 3.89. The second-order valence-electron chi connectivity index (χ2n) is 5.80. The van der Waals surface area contributed by atoms with Crippen LogP contribution in [0.4, 0.5) is 0 Å². The van der Waals surface area contributed by atoms with Gasteiger partial charge in [0.1, 0.15) is 0 Å². The third-order valence-corrected chi connectivity index (χ3v) is 5.84. The van der Waals surface area contributed by atoms with E-state index in [1.807, 2.05) is 0 Å². The van der Waals surface area contributed by atoms with Crippen LogP contribution in [0.2, 0.25) is 0 Å². The van der Waals surface area contributed by atoms with Crippen molar-refractivity contribution in [1.82, 2.24) is 9.62 Å². The van der Waals surface area contributed by atoms with Gasteiger partial charge in [0.25, 0.3) is 0 Å². The number of aliphatic carboxylic acids is 1. The average molecular weight is 340 g/mol. The minimum Gasteiger partial charge on any atom is -0.481 e. The number of nitrogens with one attached hydrogen (secondary N) is 1. The van der Waals surface area contributed by atoms with Gasteiger partial charge in [-0.05, 0) is 23.6 Å². The van der Waals surface area contributed by atoms with Gasteiger partial charge in [0.15, 0.2) is 0 Å². The predicted octanol–water partition coefficient (Wildman–Crippen LogP) is 0.664. The van der Waals surface area contributed by atoms with Crippen LogP contribution in [0, 0.1) is 11.8 Å². The number of carbonyl (C=O) groups excluding carboxylic acids is 1. The molecule has 126 valence electrons. The van der Waals surface area contributed by atoms with Crippen molar-refractivity contribution in [2.45, 2.75) is 25.3 Å². The molecule has 1 aromatic rings. The smallest absolute Gasteiger partial charge is 0.308 e. The van der Waals surface area contributed by atoms with Crippen molar-refractivity contribution < 1.29 is 23.1 Å². The summed E-state index contributed by atoms with van der Waals surface area (Å²) >= 11 is 0. The molecule has 1 heterocycles. The maximum atomic E-state index is 12.6. The Morgan fingerprint density at radius 1 is 1.26 bits per heavy atom. The lowest BCUT2D eigenvalue weighted by Crippen LogP contribution is -2.30. The summed E-state index contributed by atoms with van der Waals surface area (Å²) in [6.45, 7) is 3.67. The maximum Gasteiger partial charge on any atom is 0.308 e. The lowest BCUT2D eigenvalue weighted by atomic mass is 9.99. The number of benzene rings is 1. The van der Waals surface area contributed by atoms with E-state index < -0.39 is 21.9 Å². The highest BCUT2D eigenvalue weighted by Crippen LogP contribution is 2.28. The molecular weight excluding hydrogens is 320 g/mol. The number of carbonyl (C=O) groups is 2. The fourth-order valence-electron chi connectivity index (χ4n) is 2.59. The first kappa shape index (κ1) is 17.4. The summed E-state index contributed by atoms with van der Waals surface area (Å²) < 4.78 is 26.4. The van der Waals surface area contributed by atoms with E-state index in [2.05, 4.69) is 5.32 Å². The van der Waals surface area contributed by atoms with Crippen molar-refractivity contribution >= 4 is 21.9 Å². The summed E-state index contributed by atoms with van der Waals surface area (Å²) in [5.41, 5.74) is 0.789. The summed E-state index contributed by atoms with van der Waals surface area (Å²) in [5.74, 6) is -2.03. The Hall–Kier alpha value is -1.93. The standard InChI is InChI=1S/C15H20N2O5S/c1-10-8-17(9-14(10)15(19)20)23(21,22)13-5-3-12(4-6-13)7-16-11(2)18/h3-6,10,14H,7-9H2,1-2H3,(H,16,18)(H,19,20)/t10-,14-/m1/s1. The van der Waals surface area contributed by atoms with Gasteiger partial charge in [-0.2, -0.15) is 4.31 Å². The zero-order valence-corrected chi connectivity index (χ0v) is 13.8. The van der Waals surface area contributed by atoms with E-state index in [1.54, 1.807) is 19.1 Å². The molecule has 2 rings (SSSR count). The summed E-state index contributed by atoms with van der Waals surface area (Å²) in [4.78, 5) is 22.1. The third-order valence-electron chi connectivity index (χ3n) is 4.00. The van der Waals surface area contributed by atoms with Crippen LogP contribution in [0.15, 0.2) is 29.2 Å². The average Bonchev–Trinajstić information content (AvgIpc) is 2.88. The van der Waals surface area contributed by atoms with Crippen LogP contribution in [-0.4, -0.2) is 42.8 Å². The van der Waals surface area contributed by atoms with Crippen LogP contribution in [-0.2, 0) is 26.2 Å². The Morgan fingerprint density at radius 3 is 2.35 bits per heavy atom. The van der Waals surface area contributed by atoms with Crippen LogP contribution in [0.5, 0.6) is 0 Å². The molecule has 8 heteroatoms. The molecule has 1 aliphatic rings. The number of carboxylic acids is 1. The molecule has 0 saturated carbocycles. The van der Waals surface area contributed by atoms with Gasteiger partial charge in [-0.15, -0.1) is 0 Å². The highest BCUT2D eigenvalue weighted by Gasteiger charge is 2.40.